The summed E-state index contributed by atoms with van der Waals surface area (Å²) in [7, 11) is 0. The molecular formula is C12H14N4O3. The number of carbonyl (C=O) groups excluding carboxylic acids is 1. The van der Waals surface area contributed by atoms with E-state index < -0.39 is 17.9 Å². The largest absolute Gasteiger partial charge is 0.480 e. The number of carbonyl (C=O) groups is 2. The Hall–Kier alpha value is -2.44. The highest BCUT2D eigenvalue weighted by molar-refractivity contribution is 5.97. The Morgan fingerprint density at radius 3 is 2.74 bits per heavy atom. The van der Waals surface area contributed by atoms with Crippen LogP contribution in [-0.4, -0.2) is 37.6 Å². The van der Waals surface area contributed by atoms with Crippen molar-refractivity contribution in [1.29, 1.82) is 0 Å². The summed E-state index contributed by atoms with van der Waals surface area (Å²) in [5.41, 5.74) is 2.38. The van der Waals surface area contributed by atoms with Gasteiger partial charge in [0.2, 0.25) is 0 Å². The first-order valence-electron chi connectivity index (χ1n) is 5.76. The summed E-state index contributed by atoms with van der Waals surface area (Å²) in [4.78, 5) is 26.8. The number of aliphatic carboxylic acids is 1. The normalized spacial score (nSPS) is 12.4. The van der Waals surface area contributed by atoms with Crippen molar-refractivity contribution in [2.24, 2.45) is 0 Å². The molecule has 0 spiro atoms. The molecule has 0 aromatic carbocycles. The Morgan fingerprint density at radius 1 is 1.42 bits per heavy atom. The summed E-state index contributed by atoms with van der Waals surface area (Å²) in [5.74, 6) is -1.56. The van der Waals surface area contributed by atoms with Gasteiger partial charge in [-0.3, -0.25) is 9.59 Å². The average molecular weight is 262 g/mol. The summed E-state index contributed by atoms with van der Waals surface area (Å²) < 4.78 is 1.57. The second-order valence-electron chi connectivity index (χ2n) is 4.35. The van der Waals surface area contributed by atoms with E-state index in [2.05, 4.69) is 15.4 Å². The lowest BCUT2D eigenvalue weighted by Crippen LogP contribution is -2.38. The van der Waals surface area contributed by atoms with Crippen molar-refractivity contribution in [2.45, 2.75) is 26.8 Å². The Balaban J connectivity index is 2.37. The third-order valence-corrected chi connectivity index (χ3v) is 2.81. The predicted molar refractivity (Wildman–Crippen MR) is 67.0 cm³/mol. The van der Waals surface area contributed by atoms with Crippen LogP contribution in [0.2, 0.25) is 0 Å². The van der Waals surface area contributed by atoms with Crippen molar-refractivity contribution >= 4 is 17.5 Å². The minimum atomic E-state index is -1.09. The van der Waals surface area contributed by atoms with Gasteiger partial charge in [-0.05, 0) is 20.8 Å². The van der Waals surface area contributed by atoms with Crippen LogP contribution in [0.3, 0.4) is 0 Å². The molecule has 1 amide bonds. The van der Waals surface area contributed by atoms with Crippen molar-refractivity contribution < 1.29 is 14.7 Å². The van der Waals surface area contributed by atoms with E-state index in [1.54, 1.807) is 17.5 Å². The molecular weight excluding hydrogens is 248 g/mol. The molecule has 2 aromatic rings. The smallest absolute Gasteiger partial charge is 0.325 e. The van der Waals surface area contributed by atoms with Crippen LogP contribution in [0.15, 0.2) is 12.3 Å². The standard InChI is InChI=1S/C12H14N4O3/c1-6-4-10-13-5-9(8(3)16(10)15-6)11(17)14-7(2)12(18)19/h4-5,7H,1-3H3,(H,14,17)(H,18,19)/t7-/m1/s1. The van der Waals surface area contributed by atoms with E-state index in [1.165, 1.54) is 13.1 Å². The fourth-order valence-electron chi connectivity index (χ4n) is 1.72. The number of carboxylic acids is 1. The van der Waals surface area contributed by atoms with Crippen molar-refractivity contribution in [3.63, 3.8) is 0 Å². The molecule has 0 radical (unpaired) electrons. The fraction of sp³-hybridized carbons (Fsp3) is 0.333. The van der Waals surface area contributed by atoms with Crippen LogP contribution >= 0.6 is 0 Å². The molecule has 0 aliphatic heterocycles. The molecule has 0 aliphatic rings. The van der Waals surface area contributed by atoms with E-state index in [0.29, 0.717) is 16.9 Å². The molecule has 0 saturated heterocycles. The molecule has 2 aromatic heterocycles. The van der Waals surface area contributed by atoms with Crippen molar-refractivity contribution in [3.05, 3.63) is 29.2 Å². The van der Waals surface area contributed by atoms with Gasteiger partial charge in [-0.15, -0.1) is 0 Å². The molecule has 0 saturated carbocycles. The van der Waals surface area contributed by atoms with Crippen LogP contribution in [0.4, 0.5) is 0 Å². The van der Waals surface area contributed by atoms with Gasteiger partial charge < -0.3 is 10.4 Å². The highest BCUT2D eigenvalue weighted by Gasteiger charge is 2.18. The SMILES string of the molecule is Cc1cc2ncc(C(=O)N[C@H](C)C(=O)O)c(C)n2n1. The summed E-state index contributed by atoms with van der Waals surface area (Å²) in [6.45, 7) is 4.97. The van der Waals surface area contributed by atoms with Gasteiger partial charge >= 0.3 is 5.97 Å². The van der Waals surface area contributed by atoms with E-state index in [9.17, 15) is 9.59 Å². The topological polar surface area (TPSA) is 96.6 Å². The molecule has 100 valence electrons. The Kier molecular flexibility index (Phi) is 3.20. The van der Waals surface area contributed by atoms with E-state index in [-0.39, 0.29) is 0 Å². The number of fused-ring (bicyclic) bond motifs is 1. The highest BCUT2D eigenvalue weighted by Crippen LogP contribution is 2.11. The lowest BCUT2D eigenvalue weighted by molar-refractivity contribution is -0.138. The minimum Gasteiger partial charge on any atom is -0.480 e. The van der Waals surface area contributed by atoms with Gasteiger partial charge in [0.05, 0.1) is 17.0 Å². The van der Waals surface area contributed by atoms with E-state index in [1.807, 2.05) is 6.92 Å². The molecule has 7 nitrogen and oxygen atoms in total. The van der Waals surface area contributed by atoms with Crippen LogP contribution in [0.1, 0.15) is 28.7 Å². The second kappa shape index (κ2) is 4.68. The maximum atomic E-state index is 12.0. The fourth-order valence-corrected chi connectivity index (χ4v) is 1.72. The molecule has 2 rings (SSSR count). The van der Waals surface area contributed by atoms with Crippen LogP contribution in [0, 0.1) is 13.8 Å². The van der Waals surface area contributed by atoms with E-state index in [0.717, 1.165) is 5.69 Å². The van der Waals surface area contributed by atoms with Crippen LogP contribution in [0.5, 0.6) is 0 Å². The lowest BCUT2D eigenvalue weighted by Gasteiger charge is -2.11. The number of rotatable bonds is 3. The summed E-state index contributed by atoms with van der Waals surface area (Å²) in [6.07, 6.45) is 1.43. The monoisotopic (exact) mass is 262 g/mol. The van der Waals surface area contributed by atoms with Gasteiger partial charge in [-0.2, -0.15) is 5.10 Å². The zero-order valence-electron chi connectivity index (χ0n) is 10.8. The molecule has 1 atom stereocenters. The molecule has 2 heterocycles. The zero-order valence-corrected chi connectivity index (χ0v) is 10.8. The molecule has 0 unspecified atom stereocenters. The third-order valence-electron chi connectivity index (χ3n) is 2.81. The number of carboxylic acid groups (broad SMARTS) is 1. The Labute approximate surface area is 109 Å². The van der Waals surface area contributed by atoms with Gasteiger partial charge in [0.25, 0.3) is 5.91 Å². The minimum absolute atomic E-state index is 0.309. The summed E-state index contributed by atoms with van der Waals surface area (Å²) >= 11 is 0. The van der Waals surface area contributed by atoms with E-state index in [4.69, 9.17) is 5.11 Å². The van der Waals surface area contributed by atoms with Crippen LogP contribution in [-0.2, 0) is 4.79 Å². The maximum absolute atomic E-state index is 12.0. The van der Waals surface area contributed by atoms with Gasteiger partial charge in [-0.25, -0.2) is 9.50 Å². The number of nitrogens with one attached hydrogen (secondary N) is 1. The van der Waals surface area contributed by atoms with Crippen molar-refractivity contribution in [2.75, 3.05) is 0 Å². The second-order valence-corrected chi connectivity index (χ2v) is 4.35. The summed E-state index contributed by atoms with van der Waals surface area (Å²) in [5, 5.41) is 15.4. The lowest BCUT2D eigenvalue weighted by atomic mass is 10.2. The predicted octanol–water partition coefficient (Wildman–Crippen LogP) is 0.549. The first-order valence-corrected chi connectivity index (χ1v) is 5.76. The molecule has 0 bridgehead atoms. The number of aromatic nitrogens is 3. The number of amides is 1. The van der Waals surface area contributed by atoms with Crippen LogP contribution in [0.25, 0.3) is 5.65 Å². The summed E-state index contributed by atoms with van der Waals surface area (Å²) in [6, 6.07) is 0.844. The van der Waals surface area contributed by atoms with Gasteiger partial charge in [0.15, 0.2) is 5.65 Å². The quantitative estimate of drug-likeness (QED) is 0.842. The van der Waals surface area contributed by atoms with E-state index >= 15 is 0 Å². The first-order chi connectivity index (χ1) is 8.90. The zero-order chi connectivity index (χ0) is 14.2. The third kappa shape index (κ3) is 2.40. The maximum Gasteiger partial charge on any atom is 0.325 e. The molecule has 0 aliphatic carbocycles. The molecule has 0 fully saturated rings. The first kappa shape index (κ1) is 13.0. The molecule has 19 heavy (non-hydrogen) atoms. The number of aryl methyl sites for hydroxylation is 2. The number of hydrogen-bond acceptors (Lipinski definition) is 4. The Bertz CT molecular complexity index is 662. The van der Waals surface area contributed by atoms with Crippen molar-refractivity contribution in [1.82, 2.24) is 19.9 Å². The Morgan fingerprint density at radius 2 is 2.11 bits per heavy atom. The van der Waals surface area contributed by atoms with Gasteiger partial charge in [0, 0.05) is 12.3 Å². The number of nitrogens with zero attached hydrogens (tertiary/aromatic N) is 3. The van der Waals surface area contributed by atoms with Gasteiger partial charge in [0.1, 0.15) is 6.04 Å². The molecule has 2 N–H and O–H groups in total. The van der Waals surface area contributed by atoms with Gasteiger partial charge in [-0.1, -0.05) is 0 Å². The average Bonchev–Trinajstić information content (AvgIpc) is 2.70. The van der Waals surface area contributed by atoms with Crippen LogP contribution < -0.4 is 5.32 Å². The van der Waals surface area contributed by atoms with Crippen molar-refractivity contribution in [3.8, 4) is 0 Å². The highest BCUT2D eigenvalue weighted by atomic mass is 16.4. The molecule has 7 heteroatoms. The number of hydrogen-bond donors (Lipinski definition) is 2.